The van der Waals surface area contributed by atoms with Crippen molar-refractivity contribution < 1.29 is 23.8 Å². The summed E-state index contributed by atoms with van der Waals surface area (Å²) >= 11 is 0. The molecule has 0 saturated heterocycles. The molecule has 1 aliphatic rings. The third-order valence-corrected chi connectivity index (χ3v) is 4.56. The Morgan fingerprint density at radius 3 is 2.42 bits per heavy atom. The summed E-state index contributed by atoms with van der Waals surface area (Å²) in [7, 11) is 0. The Bertz CT molecular complexity index is 1160. The number of allylic oxidation sites excluding steroid dienone is 1. The second-order valence-electron chi connectivity index (χ2n) is 6.76. The second kappa shape index (κ2) is 9.13. The largest absolute Gasteiger partial charge is 0.494 e. The predicted molar refractivity (Wildman–Crippen MR) is 118 cm³/mol. The molecule has 0 unspecified atom stereocenters. The fraction of sp³-hybridized carbons (Fsp3) is 0.0769. The molecule has 0 aliphatic carbocycles. The highest BCUT2D eigenvalue weighted by molar-refractivity contribution is 6.14. The maximum absolute atomic E-state index is 12.6. The highest BCUT2D eigenvalue weighted by atomic mass is 16.5. The van der Waals surface area contributed by atoms with Crippen LogP contribution in [0.5, 0.6) is 17.2 Å². The van der Waals surface area contributed by atoms with Crippen molar-refractivity contribution in [3.63, 3.8) is 0 Å². The standard InChI is InChI=1S/C26H20O5/c1-2-29-21-13-14-22-23(17-21)31-24(26(22)28)16-19-8-11-20(12-9-19)30-25(27)15-10-18-6-4-3-5-7-18/h3-17H,2H2,1H3/b15-10+,24-16-. The summed E-state index contributed by atoms with van der Waals surface area (Å²) in [6, 6.07) is 21.5. The zero-order valence-corrected chi connectivity index (χ0v) is 16.9. The van der Waals surface area contributed by atoms with E-state index in [9.17, 15) is 9.59 Å². The number of carbonyl (C=O) groups is 2. The highest BCUT2D eigenvalue weighted by Gasteiger charge is 2.27. The van der Waals surface area contributed by atoms with Crippen molar-refractivity contribution in [3.05, 3.63) is 101 Å². The Morgan fingerprint density at radius 1 is 0.935 bits per heavy atom. The number of ketones is 1. The van der Waals surface area contributed by atoms with Crippen molar-refractivity contribution in [1.29, 1.82) is 0 Å². The van der Waals surface area contributed by atoms with Gasteiger partial charge in [-0.15, -0.1) is 0 Å². The lowest BCUT2D eigenvalue weighted by atomic mass is 10.1. The number of hydrogen-bond donors (Lipinski definition) is 0. The minimum atomic E-state index is -0.468. The van der Waals surface area contributed by atoms with Crippen LogP contribution in [0.4, 0.5) is 0 Å². The molecular formula is C26H20O5. The van der Waals surface area contributed by atoms with Crippen molar-refractivity contribution in [1.82, 2.24) is 0 Å². The zero-order valence-electron chi connectivity index (χ0n) is 16.9. The van der Waals surface area contributed by atoms with Crippen molar-refractivity contribution in [3.8, 4) is 17.2 Å². The molecule has 0 radical (unpaired) electrons. The predicted octanol–water partition coefficient (Wildman–Crippen LogP) is 5.32. The average Bonchev–Trinajstić information content (AvgIpc) is 3.09. The summed E-state index contributed by atoms with van der Waals surface area (Å²) in [5.74, 6) is 1.14. The Kier molecular flexibility index (Phi) is 5.94. The summed E-state index contributed by atoms with van der Waals surface area (Å²) in [6.07, 6.45) is 4.73. The van der Waals surface area contributed by atoms with Crippen LogP contribution in [0.3, 0.4) is 0 Å². The molecule has 5 nitrogen and oxygen atoms in total. The van der Waals surface area contributed by atoms with Crippen molar-refractivity contribution in [2.45, 2.75) is 6.92 Å². The number of fused-ring (bicyclic) bond motifs is 1. The molecule has 0 N–H and O–H groups in total. The SMILES string of the molecule is CCOc1ccc2c(c1)O/C(=C\c1ccc(OC(=O)/C=C/c3ccccc3)cc1)C2=O. The number of benzene rings is 3. The Balaban J connectivity index is 1.41. The molecule has 3 aromatic carbocycles. The smallest absolute Gasteiger partial charge is 0.336 e. The number of hydrogen-bond acceptors (Lipinski definition) is 5. The van der Waals surface area contributed by atoms with Crippen molar-refractivity contribution in [2.75, 3.05) is 6.61 Å². The van der Waals surface area contributed by atoms with Crippen LogP contribution >= 0.6 is 0 Å². The van der Waals surface area contributed by atoms with Crippen LogP contribution in [0.25, 0.3) is 12.2 Å². The fourth-order valence-electron chi connectivity index (χ4n) is 3.09. The van der Waals surface area contributed by atoms with E-state index in [2.05, 4.69) is 0 Å². The molecule has 0 spiro atoms. The van der Waals surface area contributed by atoms with E-state index in [1.165, 1.54) is 6.08 Å². The van der Waals surface area contributed by atoms with Gasteiger partial charge in [0.05, 0.1) is 12.2 Å². The minimum absolute atomic E-state index is 0.181. The Morgan fingerprint density at radius 2 is 1.68 bits per heavy atom. The second-order valence-corrected chi connectivity index (χ2v) is 6.76. The van der Waals surface area contributed by atoms with Gasteiger partial charge >= 0.3 is 5.97 Å². The van der Waals surface area contributed by atoms with E-state index in [4.69, 9.17) is 14.2 Å². The number of rotatable bonds is 6. The molecule has 0 aromatic heterocycles. The lowest BCUT2D eigenvalue weighted by Gasteiger charge is -2.04. The van der Waals surface area contributed by atoms with E-state index in [0.29, 0.717) is 29.4 Å². The molecule has 4 rings (SSSR count). The van der Waals surface area contributed by atoms with E-state index in [1.807, 2.05) is 37.3 Å². The number of esters is 1. The third kappa shape index (κ3) is 4.90. The summed E-state index contributed by atoms with van der Waals surface area (Å²) in [5.41, 5.74) is 2.17. The molecular weight excluding hydrogens is 392 g/mol. The molecule has 0 fully saturated rings. The molecule has 0 atom stereocenters. The molecule has 0 amide bonds. The van der Waals surface area contributed by atoms with Gasteiger partial charge in [-0.05, 0) is 54.5 Å². The Labute approximate surface area is 180 Å². The first kappa shape index (κ1) is 20.2. The molecule has 154 valence electrons. The minimum Gasteiger partial charge on any atom is -0.494 e. The first-order chi connectivity index (χ1) is 15.1. The summed E-state index contributed by atoms with van der Waals surface area (Å²) in [6.45, 7) is 2.43. The lowest BCUT2D eigenvalue weighted by Crippen LogP contribution is -2.03. The number of carbonyl (C=O) groups excluding carboxylic acids is 2. The third-order valence-electron chi connectivity index (χ3n) is 4.56. The Hall–Kier alpha value is -4.12. The quantitative estimate of drug-likeness (QED) is 0.311. The van der Waals surface area contributed by atoms with Gasteiger partial charge < -0.3 is 14.2 Å². The van der Waals surface area contributed by atoms with Crippen LogP contribution in [-0.4, -0.2) is 18.4 Å². The van der Waals surface area contributed by atoms with Crippen molar-refractivity contribution >= 4 is 23.9 Å². The topological polar surface area (TPSA) is 61.8 Å². The number of ether oxygens (including phenoxy) is 3. The van der Waals surface area contributed by atoms with Crippen LogP contribution in [-0.2, 0) is 4.79 Å². The number of Topliss-reactive ketones (excluding diaryl/α,β-unsaturated/α-hetero) is 1. The van der Waals surface area contributed by atoms with E-state index in [0.717, 1.165) is 11.1 Å². The van der Waals surface area contributed by atoms with Gasteiger partial charge in [0.25, 0.3) is 0 Å². The van der Waals surface area contributed by atoms with Gasteiger partial charge in [-0.2, -0.15) is 0 Å². The molecule has 1 heterocycles. The molecule has 0 bridgehead atoms. The highest BCUT2D eigenvalue weighted by Crippen LogP contribution is 2.35. The first-order valence-electron chi connectivity index (χ1n) is 9.88. The van der Waals surface area contributed by atoms with E-state index >= 15 is 0 Å². The van der Waals surface area contributed by atoms with Gasteiger partial charge in [0.2, 0.25) is 5.78 Å². The van der Waals surface area contributed by atoms with Crippen molar-refractivity contribution in [2.24, 2.45) is 0 Å². The van der Waals surface area contributed by atoms with Crippen LogP contribution in [0.1, 0.15) is 28.4 Å². The average molecular weight is 412 g/mol. The molecule has 1 aliphatic heterocycles. The molecule has 3 aromatic rings. The van der Waals surface area contributed by atoms with Crippen LogP contribution < -0.4 is 14.2 Å². The summed E-state index contributed by atoms with van der Waals surface area (Å²) in [5, 5.41) is 0. The van der Waals surface area contributed by atoms with Gasteiger partial charge in [-0.1, -0.05) is 42.5 Å². The first-order valence-corrected chi connectivity index (χ1v) is 9.88. The van der Waals surface area contributed by atoms with E-state index < -0.39 is 5.97 Å². The molecule has 5 heteroatoms. The summed E-state index contributed by atoms with van der Waals surface area (Å²) in [4.78, 5) is 24.6. The van der Waals surface area contributed by atoms with Gasteiger partial charge in [0, 0.05) is 12.1 Å². The normalized spacial score (nSPS) is 13.8. The monoisotopic (exact) mass is 412 g/mol. The van der Waals surface area contributed by atoms with Crippen LogP contribution in [0, 0.1) is 0 Å². The lowest BCUT2D eigenvalue weighted by molar-refractivity contribution is -0.128. The van der Waals surface area contributed by atoms with Gasteiger partial charge in [-0.3, -0.25) is 4.79 Å². The van der Waals surface area contributed by atoms with Crippen LogP contribution in [0.2, 0.25) is 0 Å². The zero-order chi connectivity index (χ0) is 21.6. The van der Waals surface area contributed by atoms with Gasteiger partial charge in [0.15, 0.2) is 5.76 Å². The maximum atomic E-state index is 12.6. The van der Waals surface area contributed by atoms with E-state index in [-0.39, 0.29) is 11.5 Å². The summed E-state index contributed by atoms with van der Waals surface area (Å²) < 4.78 is 16.5. The molecule has 0 saturated carbocycles. The van der Waals surface area contributed by atoms with Crippen LogP contribution in [0.15, 0.2) is 84.6 Å². The van der Waals surface area contributed by atoms with Gasteiger partial charge in [0.1, 0.15) is 17.2 Å². The van der Waals surface area contributed by atoms with E-state index in [1.54, 1.807) is 54.6 Å². The fourth-order valence-corrected chi connectivity index (χ4v) is 3.09. The maximum Gasteiger partial charge on any atom is 0.336 e. The molecule has 31 heavy (non-hydrogen) atoms. The van der Waals surface area contributed by atoms with Gasteiger partial charge in [-0.25, -0.2) is 4.79 Å².